The lowest BCUT2D eigenvalue weighted by Crippen LogP contribution is -2.43. The number of ether oxygens (including phenoxy) is 2. The molecule has 3 N–H and O–H groups in total. The summed E-state index contributed by atoms with van der Waals surface area (Å²) in [7, 11) is -2.19. The average Bonchev–Trinajstić information content (AvgIpc) is 2.89. The van der Waals surface area contributed by atoms with Crippen molar-refractivity contribution in [2.45, 2.75) is 32.7 Å². The van der Waals surface area contributed by atoms with Crippen molar-refractivity contribution >= 4 is 38.9 Å². The zero-order valence-corrected chi connectivity index (χ0v) is 25.4. The second-order valence-electron chi connectivity index (χ2n) is 10.9. The Hall–Kier alpha value is -3.38. The molecule has 1 saturated heterocycles. The maximum Gasteiger partial charge on any atom is 0.255 e. The molecule has 0 unspecified atom stereocenters. The van der Waals surface area contributed by atoms with Gasteiger partial charge in [0.1, 0.15) is 11.5 Å². The number of amides is 1. The van der Waals surface area contributed by atoms with Crippen LogP contribution in [0.3, 0.4) is 0 Å². The van der Waals surface area contributed by atoms with E-state index in [1.807, 2.05) is 26.8 Å². The SMILES string of the molecule is COc1c(NC(=O)c2ccc(Cl)c(Oc3ccnc(CN4CCNCC4)c3)c2)cc(C(C)(C)C)cc1NS(C)(=O)=O. The number of rotatable bonds is 9. The van der Waals surface area contributed by atoms with Crippen LogP contribution in [0, 0.1) is 0 Å². The minimum absolute atomic E-state index is 0.191. The van der Waals surface area contributed by atoms with Gasteiger partial charge in [-0.05, 0) is 47.4 Å². The summed E-state index contributed by atoms with van der Waals surface area (Å²) in [5.41, 5.74) is 2.18. The van der Waals surface area contributed by atoms with Gasteiger partial charge in [-0.25, -0.2) is 8.42 Å². The van der Waals surface area contributed by atoms with E-state index in [0.717, 1.165) is 43.7 Å². The van der Waals surface area contributed by atoms with Crippen LogP contribution in [0.5, 0.6) is 17.2 Å². The summed E-state index contributed by atoms with van der Waals surface area (Å²) in [6.45, 7) is 10.5. The van der Waals surface area contributed by atoms with Crippen LogP contribution in [0.15, 0.2) is 48.7 Å². The maximum absolute atomic E-state index is 13.4. The molecular weight excluding hydrogens is 566 g/mol. The van der Waals surface area contributed by atoms with Crippen LogP contribution in [0.4, 0.5) is 11.4 Å². The van der Waals surface area contributed by atoms with Gasteiger partial charge in [-0.3, -0.25) is 19.4 Å². The Balaban J connectivity index is 1.58. The van der Waals surface area contributed by atoms with Crippen LogP contribution in [-0.4, -0.2) is 63.8 Å². The Labute approximate surface area is 246 Å². The van der Waals surface area contributed by atoms with Crippen LogP contribution >= 0.6 is 11.6 Å². The Kier molecular flexibility index (Phi) is 9.43. The molecule has 0 radical (unpaired) electrons. The minimum Gasteiger partial charge on any atom is -0.492 e. The molecule has 1 aliphatic rings. The number of aromatic nitrogens is 1. The first-order valence-corrected chi connectivity index (χ1v) is 15.5. The molecule has 1 aliphatic heterocycles. The molecule has 2 aromatic carbocycles. The summed E-state index contributed by atoms with van der Waals surface area (Å²) in [5, 5.41) is 6.54. The normalized spacial score (nSPS) is 14.4. The number of nitrogens with one attached hydrogen (secondary N) is 3. The molecule has 220 valence electrons. The first-order valence-electron chi connectivity index (χ1n) is 13.2. The molecule has 2 heterocycles. The fourth-order valence-electron chi connectivity index (χ4n) is 4.40. The highest BCUT2D eigenvalue weighted by Crippen LogP contribution is 2.39. The molecule has 0 bridgehead atoms. The number of anilines is 2. The molecule has 0 atom stereocenters. The second-order valence-corrected chi connectivity index (χ2v) is 13.1. The van der Waals surface area contributed by atoms with Crippen molar-refractivity contribution in [2.24, 2.45) is 0 Å². The van der Waals surface area contributed by atoms with Crippen molar-refractivity contribution < 1.29 is 22.7 Å². The van der Waals surface area contributed by atoms with Crippen molar-refractivity contribution in [1.82, 2.24) is 15.2 Å². The van der Waals surface area contributed by atoms with Crippen molar-refractivity contribution in [3.05, 3.63) is 70.5 Å². The van der Waals surface area contributed by atoms with Gasteiger partial charge in [-0.2, -0.15) is 0 Å². The number of halogens is 1. The molecule has 41 heavy (non-hydrogen) atoms. The molecule has 4 rings (SSSR count). The second kappa shape index (κ2) is 12.6. The third kappa shape index (κ3) is 8.32. The number of methoxy groups -OCH3 is 1. The number of hydrogen-bond acceptors (Lipinski definition) is 8. The molecule has 1 aromatic heterocycles. The average molecular weight is 602 g/mol. The molecule has 10 nitrogen and oxygen atoms in total. The number of hydrogen-bond donors (Lipinski definition) is 3. The largest absolute Gasteiger partial charge is 0.492 e. The number of benzene rings is 2. The summed E-state index contributed by atoms with van der Waals surface area (Å²) < 4.78 is 38.2. The monoisotopic (exact) mass is 601 g/mol. The van der Waals surface area contributed by atoms with E-state index in [4.69, 9.17) is 21.1 Å². The highest BCUT2D eigenvalue weighted by molar-refractivity contribution is 7.92. The summed E-state index contributed by atoms with van der Waals surface area (Å²) in [6, 6.07) is 11.8. The van der Waals surface area contributed by atoms with Crippen LogP contribution < -0.4 is 24.8 Å². The smallest absolute Gasteiger partial charge is 0.255 e. The number of pyridine rings is 1. The van der Waals surface area contributed by atoms with E-state index < -0.39 is 15.9 Å². The van der Waals surface area contributed by atoms with Gasteiger partial charge in [-0.1, -0.05) is 32.4 Å². The molecular formula is C29H36ClN5O5S. The Morgan fingerprint density at radius 1 is 1.10 bits per heavy atom. The van der Waals surface area contributed by atoms with Gasteiger partial charge in [0.2, 0.25) is 10.0 Å². The van der Waals surface area contributed by atoms with Crippen molar-refractivity contribution in [1.29, 1.82) is 0 Å². The molecule has 0 saturated carbocycles. The highest BCUT2D eigenvalue weighted by atomic mass is 35.5. The summed E-state index contributed by atoms with van der Waals surface area (Å²) in [4.78, 5) is 20.2. The van der Waals surface area contributed by atoms with Crippen molar-refractivity contribution in [2.75, 3.05) is 49.6 Å². The molecule has 1 fully saturated rings. The zero-order valence-electron chi connectivity index (χ0n) is 23.9. The van der Waals surface area contributed by atoms with Gasteiger partial charge in [0.15, 0.2) is 5.75 Å². The van der Waals surface area contributed by atoms with Crippen molar-refractivity contribution in [3.63, 3.8) is 0 Å². The number of sulfonamides is 1. The molecule has 0 aliphatic carbocycles. The van der Waals surface area contributed by atoms with E-state index in [9.17, 15) is 13.2 Å². The summed E-state index contributed by atoms with van der Waals surface area (Å²) in [6.07, 6.45) is 2.74. The van der Waals surface area contributed by atoms with Gasteiger partial charge in [0.25, 0.3) is 5.91 Å². The predicted octanol–water partition coefficient (Wildman–Crippen LogP) is 4.86. The third-order valence-electron chi connectivity index (χ3n) is 6.51. The van der Waals surface area contributed by atoms with Gasteiger partial charge in [-0.15, -0.1) is 0 Å². The van der Waals surface area contributed by atoms with Crippen LogP contribution in [0.2, 0.25) is 5.02 Å². The van der Waals surface area contributed by atoms with Gasteiger partial charge in [0.05, 0.1) is 35.5 Å². The topological polar surface area (TPSA) is 122 Å². The quantitative estimate of drug-likeness (QED) is 0.318. The zero-order chi connectivity index (χ0) is 29.8. The van der Waals surface area contributed by atoms with Gasteiger partial charge >= 0.3 is 0 Å². The van der Waals surface area contributed by atoms with Gasteiger partial charge < -0.3 is 20.1 Å². The summed E-state index contributed by atoms with van der Waals surface area (Å²) in [5.74, 6) is 0.612. The van der Waals surface area contributed by atoms with Gasteiger partial charge in [0, 0.05) is 50.6 Å². The van der Waals surface area contributed by atoms with Crippen molar-refractivity contribution in [3.8, 4) is 17.2 Å². The summed E-state index contributed by atoms with van der Waals surface area (Å²) >= 11 is 6.43. The van der Waals surface area contributed by atoms with E-state index in [1.54, 1.807) is 42.6 Å². The molecule has 3 aromatic rings. The lowest BCUT2D eigenvalue weighted by atomic mass is 9.86. The number of carbonyl (C=O) groups excluding carboxylic acids is 1. The lowest BCUT2D eigenvalue weighted by molar-refractivity contribution is 0.102. The molecule has 0 spiro atoms. The first kappa shape index (κ1) is 30.6. The van der Waals surface area contributed by atoms with E-state index in [1.165, 1.54) is 7.11 Å². The lowest BCUT2D eigenvalue weighted by Gasteiger charge is -2.26. The predicted molar refractivity (Wildman–Crippen MR) is 162 cm³/mol. The van der Waals surface area contributed by atoms with E-state index >= 15 is 0 Å². The van der Waals surface area contributed by atoms with E-state index in [0.29, 0.717) is 34.3 Å². The van der Waals surface area contributed by atoms with Crippen LogP contribution in [0.25, 0.3) is 0 Å². The Morgan fingerprint density at radius 3 is 2.46 bits per heavy atom. The number of carbonyl (C=O) groups is 1. The number of piperazine rings is 1. The Morgan fingerprint density at radius 2 is 1.80 bits per heavy atom. The Bertz CT molecular complexity index is 1520. The number of nitrogens with zero attached hydrogens (tertiary/aromatic N) is 2. The highest BCUT2D eigenvalue weighted by Gasteiger charge is 2.23. The molecule has 12 heteroatoms. The first-order chi connectivity index (χ1) is 19.3. The van der Waals surface area contributed by atoms with Crippen LogP contribution in [-0.2, 0) is 22.0 Å². The van der Waals surface area contributed by atoms with E-state index in [-0.39, 0.29) is 16.9 Å². The third-order valence-corrected chi connectivity index (χ3v) is 7.41. The maximum atomic E-state index is 13.4. The molecule has 1 amide bonds. The van der Waals surface area contributed by atoms with Crippen LogP contribution in [0.1, 0.15) is 42.4 Å². The standard InChI is InChI=1S/C29H36ClN5O5S/c1-29(2,3)20-15-24(27(39-4)25(16-20)34-41(5,37)38)33-28(36)19-6-7-23(30)26(14-19)40-22-8-9-32-21(17-22)18-35-12-10-31-11-13-35/h6-9,14-17,31,34H,10-13,18H2,1-5H3,(H,33,36). The fraction of sp³-hybridized carbons (Fsp3) is 0.379. The minimum atomic E-state index is -3.61. The van der Waals surface area contributed by atoms with E-state index in [2.05, 4.69) is 25.2 Å². The fourth-order valence-corrected chi connectivity index (χ4v) is 5.11.